The fourth-order valence-electron chi connectivity index (χ4n) is 1.35. The first-order chi connectivity index (χ1) is 6.56. The minimum atomic E-state index is 0.503. The van der Waals surface area contributed by atoms with Crippen molar-refractivity contribution in [2.24, 2.45) is 0 Å². The summed E-state index contributed by atoms with van der Waals surface area (Å²) in [5.41, 5.74) is 1.28. The number of rotatable bonds is 4. The zero-order chi connectivity index (χ0) is 10.7. The molecular weight excluding hydrogens is 194 g/mol. The van der Waals surface area contributed by atoms with E-state index in [1.165, 1.54) is 5.69 Å². The molecule has 0 aliphatic rings. The van der Waals surface area contributed by atoms with E-state index in [0.29, 0.717) is 6.04 Å². The topological polar surface area (TPSA) is 24.0 Å². The normalized spacial score (nSPS) is 13.5. The summed E-state index contributed by atoms with van der Waals surface area (Å²) < 4.78 is 3.01. The van der Waals surface area contributed by atoms with Gasteiger partial charge in [-0.1, -0.05) is 6.92 Å². The van der Waals surface area contributed by atoms with Gasteiger partial charge < -0.3 is 14.5 Å². The van der Waals surface area contributed by atoms with Crippen LogP contribution in [-0.4, -0.2) is 34.6 Å². The highest BCUT2D eigenvalue weighted by molar-refractivity contribution is 7.71. The van der Waals surface area contributed by atoms with Gasteiger partial charge >= 0.3 is 0 Å². The number of imidazole rings is 1. The third-order valence-corrected chi connectivity index (χ3v) is 2.98. The molecule has 80 valence electrons. The van der Waals surface area contributed by atoms with E-state index in [1.807, 2.05) is 6.20 Å². The van der Waals surface area contributed by atoms with E-state index >= 15 is 0 Å². The molecule has 0 fully saturated rings. The number of H-pyrrole nitrogens is 1. The Bertz CT molecular complexity index is 337. The van der Waals surface area contributed by atoms with Crippen LogP contribution in [0.2, 0.25) is 0 Å². The molecule has 0 bridgehead atoms. The zero-order valence-corrected chi connectivity index (χ0v) is 10.2. The van der Waals surface area contributed by atoms with Gasteiger partial charge in [-0.25, -0.2) is 0 Å². The monoisotopic (exact) mass is 213 g/mol. The lowest BCUT2D eigenvalue weighted by Crippen LogP contribution is -2.29. The summed E-state index contributed by atoms with van der Waals surface area (Å²) in [6.45, 7) is 5.31. The molecule has 1 unspecified atom stereocenters. The molecule has 0 aliphatic carbocycles. The number of aryl methyl sites for hydroxylation is 1. The molecule has 4 heteroatoms. The average molecular weight is 213 g/mol. The Kier molecular flexibility index (Phi) is 3.89. The van der Waals surface area contributed by atoms with Gasteiger partial charge in [0.25, 0.3) is 0 Å². The standard InChI is InChI=1S/C10H19N3S/c1-5-9-6-11-10(14)13(9)7-8(2)12(3)4/h6,8H,5,7H2,1-4H3,(H,11,14). The van der Waals surface area contributed by atoms with Crippen LogP contribution in [0.4, 0.5) is 0 Å². The summed E-state index contributed by atoms with van der Waals surface area (Å²) >= 11 is 5.23. The number of aromatic nitrogens is 2. The summed E-state index contributed by atoms with van der Waals surface area (Å²) in [4.78, 5) is 5.29. The van der Waals surface area contributed by atoms with Crippen LogP contribution in [0.1, 0.15) is 19.5 Å². The second kappa shape index (κ2) is 4.75. The molecule has 1 atom stereocenters. The van der Waals surface area contributed by atoms with Gasteiger partial charge in [0.05, 0.1) is 0 Å². The van der Waals surface area contributed by atoms with Gasteiger partial charge in [-0.2, -0.15) is 0 Å². The van der Waals surface area contributed by atoms with Crippen LogP contribution < -0.4 is 0 Å². The molecule has 14 heavy (non-hydrogen) atoms. The third kappa shape index (κ3) is 2.45. The van der Waals surface area contributed by atoms with Crippen molar-refractivity contribution >= 4 is 12.2 Å². The molecule has 0 saturated carbocycles. The lowest BCUT2D eigenvalue weighted by Gasteiger charge is -2.21. The Morgan fingerprint density at radius 2 is 2.21 bits per heavy atom. The number of hydrogen-bond acceptors (Lipinski definition) is 2. The Balaban J connectivity index is 2.84. The molecule has 0 saturated heterocycles. The van der Waals surface area contributed by atoms with Crippen molar-refractivity contribution in [1.29, 1.82) is 0 Å². The van der Waals surface area contributed by atoms with E-state index in [1.54, 1.807) is 0 Å². The van der Waals surface area contributed by atoms with Crippen molar-refractivity contribution in [2.45, 2.75) is 32.9 Å². The van der Waals surface area contributed by atoms with Gasteiger partial charge in [0.15, 0.2) is 4.77 Å². The molecule has 1 heterocycles. The van der Waals surface area contributed by atoms with Crippen molar-refractivity contribution < 1.29 is 0 Å². The van der Waals surface area contributed by atoms with Gasteiger partial charge in [0, 0.05) is 24.5 Å². The Morgan fingerprint density at radius 3 is 2.71 bits per heavy atom. The number of likely N-dealkylation sites (N-methyl/N-ethyl adjacent to an activating group) is 1. The van der Waals surface area contributed by atoms with Crippen LogP contribution in [0.15, 0.2) is 6.20 Å². The summed E-state index contributed by atoms with van der Waals surface area (Å²) in [5.74, 6) is 0. The third-order valence-electron chi connectivity index (χ3n) is 2.64. The van der Waals surface area contributed by atoms with Crippen molar-refractivity contribution in [3.8, 4) is 0 Å². The van der Waals surface area contributed by atoms with Gasteiger partial charge in [-0.05, 0) is 39.7 Å². The number of aromatic amines is 1. The highest BCUT2D eigenvalue weighted by Crippen LogP contribution is 2.06. The highest BCUT2D eigenvalue weighted by Gasteiger charge is 2.08. The molecule has 0 aliphatic heterocycles. The molecule has 0 aromatic carbocycles. The number of nitrogens with one attached hydrogen (secondary N) is 1. The number of hydrogen-bond donors (Lipinski definition) is 1. The van der Waals surface area contributed by atoms with Crippen molar-refractivity contribution in [2.75, 3.05) is 14.1 Å². The quantitative estimate of drug-likeness (QED) is 0.774. The first-order valence-corrected chi connectivity index (χ1v) is 5.40. The van der Waals surface area contributed by atoms with Crippen molar-refractivity contribution in [3.63, 3.8) is 0 Å². The number of nitrogens with zero attached hydrogens (tertiary/aromatic N) is 2. The molecule has 1 N–H and O–H groups in total. The predicted octanol–water partition coefficient (Wildman–Crippen LogP) is 2.06. The van der Waals surface area contributed by atoms with E-state index in [0.717, 1.165) is 17.7 Å². The summed E-state index contributed by atoms with van der Waals surface area (Å²) in [6, 6.07) is 0.503. The van der Waals surface area contributed by atoms with Crippen LogP contribution in [0.3, 0.4) is 0 Å². The Hall–Kier alpha value is -0.610. The second-order valence-corrected chi connectivity index (χ2v) is 4.25. The van der Waals surface area contributed by atoms with E-state index in [2.05, 4.69) is 42.4 Å². The minimum Gasteiger partial charge on any atom is -0.337 e. The van der Waals surface area contributed by atoms with E-state index in [9.17, 15) is 0 Å². The molecule has 1 aromatic rings. The van der Waals surface area contributed by atoms with E-state index in [4.69, 9.17) is 12.2 Å². The van der Waals surface area contributed by atoms with Crippen LogP contribution in [0.5, 0.6) is 0 Å². The zero-order valence-electron chi connectivity index (χ0n) is 9.37. The van der Waals surface area contributed by atoms with Crippen LogP contribution >= 0.6 is 12.2 Å². The molecular formula is C10H19N3S. The van der Waals surface area contributed by atoms with Crippen molar-refractivity contribution in [1.82, 2.24) is 14.5 Å². The molecule has 1 aromatic heterocycles. The molecule has 1 rings (SSSR count). The Morgan fingerprint density at radius 1 is 1.57 bits per heavy atom. The van der Waals surface area contributed by atoms with Gasteiger partial charge in [0.2, 0.25) is 0 Å². The van der Waals surface area contributed by atoms with Crippen LogP contribution in [-0.2, 0) is 13.0 Å². The lowest BCUT2D eigenvalue weighted by molar-refractivity contribution is 0.281. The van der Waals surface area contributed by atoms with Gasteiger partial charge in [0.1, 0.15) is 0 Å². The first-order valence-electron chi connectivity index (χ1n) is 4.99. The maximum absolute atomic E-state index is 5.23. The summed E-state index contributed by atoms with van der Waals surface area (Å²) in [7, 11) is 4.18. The Labute approximate surface area is 90.7 Å². The smallest absolute Gasteiger partial charge is 0.177 e. The minimum absolute atomic E-state index is 0.503. The second-order valence-electron chi connectivity index (χ2n) is 3.86. The fraction of sp³-hybridized carbons (Fsp3) is 0.700. The predicted molar refractivity (Wildman–Crippen MR) is 62.1 cm³/mol. The van der Waals surface area contributed by atoms with E-state index < -0.39 is 0 Å². The molecule has 3 nitrogen and oxygen atoms in total. The fourth-order valence-corrected chi connectivity index (χ4v) is 1.60. The van der Waals surface area contributed by atoms with Gasteiger partial charge in [-0.15, -0.1) is 0 Å². The highest BCUT2D eigenvalue weighted by atomic mass is 32.1. The molecule has 0 radical (unpaired) electrons. The largest absolute Gasteiger partial charge is 0.337 e. The first kappa shape index (κ1) is 11.5. The lowest BCUT2D eigenvalue weighted by atomic mass is 10.3. The molecule has 0 spiro atoms. The van der Waals surface area contributed by atoms with E-state index in [-0.39, 0.29) is 0 Å². The SMILES string of the molecule is CCc1c[nH]c(=S)n1CC(C)N(C)C. The summed E-state index contributed by atoms with van der Waals surface area (Å²) in [6.07, 6.45) is 3.03. The van der Waals surface area contributed by atoms with Crippen molar-refractivity contribution in [3.05, 3.63) is 16.7 Å². The van der Waals surface area contributed by atoms with Crippen LogP contribution in [0.25, 0.3) is 0 Å². The maximum atomic E-state index is 5.23. The molecule has 0 amide bonds. The van der Waals surface area contributed by atoms with Gasteiger partial charge in [-0.3, -0.25) is 0 Å². The maximum Gasteiger partial charge on any atom is 0.177 e. The summed E-state index contributed by atoms with van der Waals surface area (Å²) in [5, 5.41) is 0. The average Bonchev–Trinajstić information content (AvgIpc) is 2.47. The van der Waals surface area contributed by atoms with Crippen LogP contribution in [0, 0.1) is 4.77 Å².